The molecule has 0 aromatic carbocycles. The summed E-state index contributed by atoms with van der Waals surface area (Å²) in [5, 5.41) is 11.4. The Labute approximate surface area is 116 Å². The van der Waals surface area contributed by atoms with Crippen molar-refractivity contribution in [3.63, 3.8) is 0 Å². The third-order valence-corrected chi connectivity index (χ3v) is 3.49. The van der Waals surface area contributed by atoms with Gasteiger partial charge in [-0.05, 0) is 30.2 Å². The molecule has 0 aliphatic rings. The van der Waals surface area contributed by atoms with Crippen LogP contribution in [0.2, 0.25) is 0 Å². The summed E-state index contributed by atoms with van der Waals surface area (Å²) in [6.45, 7) is 3.31. The molecule has 1 aromatic heterocycles. The summed E-state index contributed by atoms with van der Waals surface area (Å²) in [5.74, 6) is 0.153. The van der Waals surface area contributed by atoms with E-state index in [-0.39, 0.29) is 5.91 Å². The molecule has 1 amide bonds. The highest BCUT2D eigenvalue weighted by Crippen LogP contribution is 2.14. The number of rotatable bonds is 7. The van der Waals surface area contributed by atoms with Gasteiger partial charge in [-0.25, -0.2) is 4.79 Å². The smallest absolute Gasteiger partial charge is 0.326 e. The summed E-state index contributed by atoms with van der Waals surface area (Å²) in [6.07, 6.45) is 4.02. The molecule has 1 heterocycles. The standard InChI is InChI=1S/C13H18N2O3S/c1-9-5-11(7-14-6-9)8-19-4-3-12(13(17)18)15-10(2)16/h5-7,12H,3-4,8H2,1-2H3,(H,15,16)(H,17,18). The highest BCUT2D eigenvalue weighted by atomic mass is 32.2. The molecule has 104 valence electrons. The molecule has 1 unspecified atom stereocenters. The molecule has 19 heavy (non-hydrogen) atoms. The van der Waals surface area contributed by atoms with E-state index >= 15 is 0 Å². The first-order chi connectivity index (χ1) is 8.99. The van der Waals surface area contributed by atoms with Gasteiger partial charge in [-0.2, -0.15) is 11.8 Å². The Morgan fingerprint density at radius 3 is 2.79 bits per heavy atom. The Morgan fingerprint density at radius 1 is 1.47 bits per heavy atom. The number of carboxylic acid groups (broad SMARTS) is 1. The number of carbonyl (C=O) groups excluding carboxylic acids is 1. The Kier molecular flexibility index (Phi) is 6.35. The minimum atomic E-state index is -0.993. The first kappa shape index (κ1) is 15.5. The molecule has 2 N–H and O–H groups in total. The van der Waals surface area contributed by atoms with Crippen LogP contribution in [-0.2, 0) is 15.3 Å². The quantitative estimate of drug-likeness (QED) is 0.743. The van der Waals surface area contributed by atoms with Gasteiger partial charge in [-0.15, -0.1) is 0 Å². The summed E-state index contributed by atoms with van der Waals surface area (Å²) in [5.41, 5.74) is 2.23. The number of carboxylic acids is 1. The van der Waals surface area contributed by atoms with Crippen LogP contribution >= 0.6 is 11.8 Å². The van der Waals surface area contributed by atoms with Gasteiger partial charge >= 0.3 is 5.97 Å². The van der Waals surface area contributed by atoms with Crippen molar-refractivity contribution in [1.82, 2.24) is 10.3 Å². The first-order valence-corrected chi connectivity index (χ1v) is 7.12. The summed E-state index contributed by atoms with van der Waals surface area (Å²) in [6, 6.07) is 1.25. The van der Waals surface area contributed by atoms with E-state index in [1.165, 1.54) is 6.92 Å². The maximum Gasteiger partial charge on any atom is 0.326 e. The van der Waals surface area contributed by atoms with Crippen LogP contribution in [0.4, 0.5) is 0 Å². The van der Waals surface area contributed by atoms with Gasteiger partial charge in [0, 0.05) is 25.1 Å². The summed E-state index contributed by atoms with van der Waals surface area (Å²) >= 11 is 1.63. The van der Waals surface area contributed by atoms with Crippen LogP contribution in [-0.4, -0.2) is 33.8 Å². The van der Waals surface area contributed by atoms with E-state index in [2.05, 4.69) is 16.4 Å². The number of nitrogens with one attached hydrogen (secondary N) is 1. The summed E-state index contributed by atoms with van der Waals surface area (Å²) in [4.78, 5) is 25.9. The minimum Gasteiger partial charge on any atom is -0.480 e. The predicted octanol–water partition coefficient (Wildman–Crippen LogP) is 1.60. The molecule has 1 rings (SSSR count). The average molecular weight is 282 g/mol. The average Bonchev–Trinajstić information content (AvgIpc) is 2.32. The lowest BCUT2D eigenvalue weighted by Gasteiger charge is -2.12. The largest absolute Gasteiger partial charge is 0.480 e. The molecule has 0 aliphatic heterocycles. The first-order valence-electron chi connectivity index (χ1n) is 5.97. The van der Waals surface area contributed by atoms with Crippen LogP contribution in [0.15, 0.2) is 18.5 Å². The van der Waals surface area contributed by atoms with E-state index in [1.807, 2.05) is 13.1 Å². The van der Waals surface area contributed by atoms with Gasteiger partial charge in [0.15, 0.2) is 0 Å². The molecule has 0 spiro atoms. The molecule has 0 fully saturated rings. The van der Waals surface area contributed by atoms with Crippen LogP contribution in [0.25, 0.3) is 0 Å². The van der Waals surface area contributed by atoms with Gasteiger partial charge in [0.1, 0.15) is 6.04 Å². The fourth-order valence-electron chi connectivity index (χ4n) is 1.59. The SMILES string of the molecule is CC(=O)NC(CCSCc1cncc(C)c1)C(=O)O. The molecular weight excluding hydrogens is 264 g/mol. The van der Waals surface area contributed by atoms with Crippen molar-refractivity contribution < 1.29 is 14.7 Å². The van der Waals surface area contributed by atoms with Gasteiger partial charge in [0.25, 0.3) is 0 Å². The zero-order chi connectivity index (χ0) is 14.3. The molecule has 0 bridgehead atoms. The van der Waals surface area contributed by atoms with Crippen LogP contribution in [0.3, 0.4) is 0 Å². The van der Waals surface area contributed by atoms with E-state index < -0.39 is 12.0 Å². The van der Waals surface area contributed by atoms with Crippen LogP contribution in [0.5, 0.6) is 0 Å². The van der Waals surface area contributed by atoms with E-state index in [9.17, 15) is 9.59 Å². The topological polar surface area (TPSA) is 79.3 Å². The Hall–Kier alpha value is -1.56. The number of aliphatic carboxylic acids is 1. The maximum absolute atomic E-state index is 10.9. The molecule has 5 nitrogen and oxygen atoms in total. The molecule has 0 aliphatic carbocycles. The lowest BCUT2D eigenvalue weighted by Crippen LogP contribution is -2.39. The molecule has 0 radical (unpaired) electrons. The van der Waals surface area contributed by atoms with Crippen molar-refractivity contribution in [2.75, 3.05) is 5.75 Å². The van der Waals surface area contributed by atoms with E-state index in [0.717, 1.165) is 16.9 Å². The molecule has 6 heteroatoms. The van der Waals surface area contributed by atoms with Gasteiger partial charge < -0.3 is 10.4 Å². The zero-order valence-corrected chi connectivity index (χ0v) is 11.9. The molecular formula is C13H18N2O3S. The van der Waals surface area contributed by atoms with Gasteiger partial charge in [0.05, 0.1) is 0 Å². The third kappa shape index (κ3) is 6.24. The number of pyridine rings is 1. The monoisotopic (exact) mass is 282 g/mol. The number of amides is 1. The summed E-state index contributed by atoms with van der Waals surface area (Å²) < 4.78 is 0. The maximum atomic E-state index is 10.9. The minimum absolute atomic E-state index is 0.319. The van der Waals surface area contributed by atoms with Crippen molar-refractivity contribution in [2.24, 2.45) is 0 Å². The van der Waals surface area contributed by atoms with Crippen molar-refractivity contribution in [3.05, 3.63) is 29.6 Å². The van der Waals surface area contributed by atoms with E-state index in [4.69, 9.17) is 5.11 Å². The van der Waals surface area contributed by atoms with Gasteiger partial charge in [-0.1, -0.05) is 6.07 Å². The van der Waals surface area contributed by atoms with Crippen molar-refractivity contribution in [2.45, 2.75) is 32.1 Å². The number of nitrogens with zero attached hydrogens (tertiary/aromatic N) is 1. The third-order valence-electron chi connectivity index (χ3n) is 2.43. The summed E-state index contributed by atoms with van der Waals surface area (Å²) in [7, 11) is 0. The van der Waals surface area contributed by atoms with Gasteiger partial charge in [-0.3, -0.25) is 9.78 Å². The number of aryl methyl sites for hydroxylation is 1. The Balaban J connectivity index is 2.32. The fraction of sp³-hybridized carbons (Fsp3) is 0.462. The molecule has 0 saturated carbocycles. The highest BCUT2D eigenvalue weighted by molar-refractivity contribution is 7.98. The Morgan fingerprint density at radius 2 is 2.21 bits per heavy atom. The van der Waals surface area contributed by atoms with Gasteiger partial charge in [0.2, 0.25) is 5.91 Å². The number of hydrogen-bond donors (Lipinski definition) is 2. The number of thioether (sulfide) groups is 1. The lowest BCUT2D eigenvalue weighted by molar-refractivity contribution is -0.141. The number of hydrogen-bond acceptors (Lipinski definition) is 4. The highest BCUT2D eigenvalue weighted by Gasteiger charge is 2.17. The number of aromatic nitrogens is 1. The second-order valence-corrected chi connectivity index (χ2v) is 5.41. The molecule has 1 atom stereocenters. The normalized spacial score (nSPS) is 11.9. The van der Waals surface area contributed by atoms with E-state index in [1.54, 1.807) is 18.0 Å². The number of carbonyl (C=O) groups is 2. The van der Waals surface area contributed by atoms with Crippen molar-refractivity contribution in [3.8, 4) is 0 Å². The lowest BCUT2D eigenvalue weighted by atomic mass is 10.2. The molecule has 1 aromatic rings. The fourth-order valence-corrected chi connectivity index (χ4v) is 2.53. The van der Waals surface area contributed by atoms with Crippen molar-refractivity contribution >= 4 is 23.6 Å². The van der Waals surface area contributed by atoms with E-state index in [0.29, 0.717) is 12.2 Å². The second-order valence-electron chi connectivity index (χ2n) is 4.30. The second kappa shape index (κ2) is 7.78. The zero-order valence-electron chi connectivity index (χ0n) is 11.0. The molecule has 0 saturated heterocycles. The van der Waals surface area contributed by atoms with Crippen LogP contribution < -0.4 is 5.32 Å². The van der Waals surface area contributed by atoms with Crippen molar-refractivity contribution in [1.29, 1.82) is 0 Å². The Bertz CT molecular complexity index is 451. The van der Waals surface area contributed by atoms with Crippen LogP contribution in [0, 0.1) is 6.92 Å². The predicted molar refractivity (Wildman–Crippen MR) is 75.0 cm³/mol. The van der Waals surface area contributed by atoms with Crippen LogP contribution in [0.1, 0.15) is 24.5 Å².